The molecule has 1 heterocycles. The lowest BCUT2D eigenvalue weighted by molar-refractivity contribution is -0.117. The van der Waals surface area contributed by atoms with Crippen molar-refractivity contribution in [3.63, 3.8) is 0 Å². The first kappa shape index (κ1) is 21.1. The third-order valence-electron chi connectivity index (χ3n) is 5.05. The summed E-state index contributed by atoms with van der Waals surface area (Å²) in [5.41, 5.74) is 2.24. The van der Waals surface area contributed by atoms with Gasteiger partial charge in [0.15, 0.2) is 0 Å². The summed E-state index contributed by atoms with van der Waals surface area (Å²) in [6.07, 6.45) is 2.93. The van der Waals surface area contributed by atoms with Crippen molar-refractivity contribution >= 4 is 34.8 Å². The first-order valence-electron chi connectivity index (χ1n) is 9.69. The highest BCUT2D eigenvalue weighted by Gasteiger charge is 2.27. The summed E-state index contributed by atoms with van der Waals surface area (Å²) in [6, 6.07) is 13.3. The number of nitrogens with one attached hydrogen (secondary N) is 2. The highest BCUT2D eigenvalue weighted by Crippen LogP contribution is 2.29. The van der Waals surface area contributed by atoms with Crippen LogP contribution in [-0.2, 0) is 16.0 Å². The van der Waals surface area contributed by atoms with Crippen molar-refractivity contribution < 1.29 is 14.3 Å². The second kappa shape index (κ2) is 9.76. The zero-order valence-corrected chi connectivity index (χ0v) is 17.5. The van der Waals surface area contributed by atoms with Crippen LogP contribution in [0.25, 0.3) is 0 Å². The Bertz CT molecular complexity index is 887. The minimum Gasteiger partial charge on any atom is -0.495 e. The van der Waals surface area contributed by atoms with E-state index in [0.29, 0.717) is 23.7 Å². The number of hydrogen-bond donors (Lipinski definition) is 2. The van der Waals surface area contributed by atoms with Gasteiger partial charge >= 0.3 is 0 Å². The predicted molar refractivity (Wildman–Crippen MR) is 116 cm³/mol. The van der Waals surface area contributed by atoms with Gasteiger partial charge in [0.25, 0.3) is 0 Å². The first-order valence-corrected chi connectivity index (χ1v) is 10.1. The molecule has 0 aliphatic carbocycles. The maximum Gasteiger partial charge on any atom is 0.238 e. The molecule has 7 heteroatoms. The van der Waals surface area contributed by atoms with Gasteiger partial charge in [0.05, 0.1) is 19.3 Å². The van der Waals surface area contributed by atoms with Crippen LogP contribution < -0.4 is 15.4 Å². The van der Waals surface area contributed by atoms with Gasteiger partial charge in [-0.25, -0.2) is 0 Å². The molecule has 0 spiro atoms. The maximum atomic E-state index is 12.7. The van der Waals surface area contributed by atoms with Crippen molar-refractivity contribution in [2.75, 3.05) is 30.8 Å². The van der Waals surface area contributed by atoms with Gasteiger partial charge < -0.3 is 15.4 Å². The molecule has 2 aromatic carbocycles. The van der Waals surface area contributed by atoms with Crippen LogP contribution in [0.15, 0.2) is 42.5 Å². The van der Waals surface area contributed by atoms with Crippen LogP contribution in [0.5, 0.6) is 5.75 Å². The molecule has 1 aliphatic rings. The summed E-state index contributed by atoms with van der Waals surface area (Å²) in [4.78, 5) is 26.2. The van der Waals surface area contributed by atoms with E-state index >= 15 is 0 Å². The molecule has 29 heavy (non-hydrogen) atoms. The standard InChI is InChI=1S/C22H26ClN3O3/c1-15(27)24-17-9-10-21(29-2)20(13-17)25-22(28)14-26-11-5-7-18(26)12-16-6-3-4-8-19(16)23/h3-4,6,8-10,13,18H,5,7,11-12,14H2,1-2H3,(H,24,27)(H,25,28). The summed E-state index contributed by atoms with van der Waals surface area (Å²) in [6.45, 7) is 2.61. The molecule has 1 saturated heterocycles. The molecule has 1 atom stereocenters. The molecule has 1 aliphatic heterocycles. The van der Waals surface area contributed by atoms with Gasteiger partial charge in [0, 0.05) is 23.7 Å². The highest BCUT2D eigenvalue weighted by molar-refractivity contribution is 6.31. The number of likely N-dealkylation sites (tertiary alicyclic amines) is 1. The van der Waals surface area contributed by atoms with Crippen LogP contribution in [0, 0.1) is 0 Å². The molecule has 2 N–H and O–H groups in total. The summed E-state index contributed by atoms with van der Waals surface area (Å²) in [5, 5.41) is 6.40. The lowest BCUT2D eigenvalue weighted by Gasteiger charge is -2.24. The molecular weight excluding hydrogens is 390 g/mol. The molecular formula is C22H26ClN3O3. The van der Waals surface area contributed by atoms with E-state index in [1.165, 1.54) is 6.92 Å². The molecule has 0 saturated carbocycles. The van der Waals surface area contributed by atoms with Gasteiger partial charge in [-0.15, -0.1) is 0 Å². The number of amides is 2. The number of nitrogens with zero attached hydrogens (tertiary/aromatic N) is 1. The van der Waals surface area contributed by atoms with E-state index in [9.17, 15) is 9.59 Å². The zero-order chi connectivity index (χ0) is 20.8. The average molecular weight is 416 g/mol. The lowest BCUT2D eigenvalue weighted by Crippen LogP contribution is -2.38. The van der Waals surface area contributed by atoms with Gasteiger partial charge in [-0.05, 0) is 55.6 Å². The molecule has 0 bridgehead atoms. The number of carbonyl (C=O) groups is 2. The monoisotopic (exact) mass is 415 g/mol. The van der Waals surface area contributed by atoms with Crippen molar-refractivity contribution in [1.29, 1.82) is 0 Å². The summed E-state index contributed by atoms with van der Waals surface area (Å²) in [7, 11) is 1.54. The number of hydrogen-bond acceptors (Lipinski definition) is 4. The average Bonchev–Trinajstić information content (AvgIpc) is 3.10. The Morgan fingerprint density at radius 1 is 1.21 bits per heavy atom. The molecule has 2 aromatic rings. The number of halogens is 1. The molecule has 0 radical (unpaired) electrons. The maximum absolute atomic E-state index is 12.7. The lowest BCUT2D eigenvalue weighted by atomic mass is 10.0. The van der Waals surface area contributed by atoms with E-state index in [0.717, 1.165) is 36.4 Å². The minimum atomic E-state index is -0.174. The fourth-order valence-corrected chi connectivity index (χ4v) is 3.93. The van der Waals surface area contributed by atoms with E-state index in [-0.39, 0.29) is 17.9 Å². The third kappa shape index (κ3) is 5.71. The molecule has 1 unspecified atom stereocenters. The number of benzene rings is 2. The van der Waals surface area contributed by atoms with Crippen LogP contribution in [0.4, 0.5) is 11.4 Å². The van der Waals surface area contributed by atoms with E-state index in [2.05, 4.69) is 15.5 Å². The highest BCUT2D eigenvalue weighted by atomic mass is 35.5. The van der Waals surface area contributed by atoms with Crippen LogP contribution in [-0.4, -0.2) is 43.0 Å². The van der Waals surface area contributed by atoms with Gasteiger partial charge in [-0.3, -0.25) is 14.5 Å². The molecule has 2 amide bonds. The Hall–Kier alpha value is -2.57. The van der Waals surface area contributed by atoms with Crippen molar-refractivity contribution in [2.45, 2.75) is 32.2 Å². The Kier molecular flexibility index (Phi) is 7.12. The van der Waals surface area contributed by atoms with E-state index in [1.54, 1.807) is 25.3 Å². The van der Waals surface area contributed by atoms with Gasteiger partial charge in [-0.2, -0.15) is 0 Å². The fraction of sp³-hybridized carbons (Fsp3) is 0.364. The Morgan fingerprint density at radius 2 is 2.00 bits per heavy atom. The van der Waals surface area contributed by atoms with E-state index < -0.39 is 0 Å². The largest absolute Gasteiger partial charge is 0.495 e. The summed E-state index contributed by atoms with van der Waals surface area (Å²) < 4.78 is 5.33. The zero-order valence-electron chi connectivity index (χ0n) is 16.7. The van der Waals surface area contributed by atoms with Crippen molar-refractivity contribution in [1.82, 2.24) is 4.90 Å². The quantitative estimate of drug-likeness (QED) is 0.718. The van der Waals surface area contributed by atoms with Crippen LogP contribution in [0.3, 0.4) is 0 Å². The van der Waals surface area contributed by atoms with Gasteiger partial charge in [-0.1, -0.05) is 29.8 Å². The Morgan fingerprint density at radius 3 is 2.72 bits per heavy atom. The first-order chi connectivity index (χ1) is 14.0. The SMILES string of the molecule is COc1ccc(NC(C)=O)cc1NC(=O)CN1CCCC1Cc1ccccc1Cl. The minimum absolute atomic E-state index is 0.116. The fourth-order valence-electron chi connectivity index (χ4n) is 3.71. The van der Waals surface area contributed by atoms with Crippen LogP contribution >= 0.6 is 11.6 Å². The smallest absolute Gasteiger partial charge is 0.238 e. The molecule has 3 rings (SSSR count). The van der Waals surface area contributed by atoms with Crippen molar-refractivity contribution in [3.05, 3.63) is 53.1 Å². The second-order valence-corrected chi connectivity index (χ2v) is 7.61. The number of carbonyl (C=O) groups excluding carboxylic acids is 2. The number of ether oxygens (including phenoxy) is 1. The van der Waals surface area contributed by atoms with Crippen LogP contribution in [0.1, 0.15) is 25.3 Å². The topological polar surface area (TPSA) is 70.7 Å². The second-order valence-electron chi connectivity index (χ2n) is 7.21. The van der Waals surface area contributed by atoms with E-state index in [4.69, 9.17) is 16.3 Å². The van der Waals surface area contributed by atoms with E-state index in [1.807, 2.05) is 24.3 Å². The molecule has 6 nitrogen and oxygen atoms in total. The third-order valence-corrected chi connectivity index (χ3v) is 5.42. The number of methoxy groups -OCH3 is 1. The number of anilines is 2. The van der Waals surface area contributed by atoms with Crippen molar-refractivity contribution in [2.24, 2.45) is 0 Å². The van der Waals surface area contributed by atoms with Crippen molar-refractivity contribution in [3.8, 4) is 5.75 Å². The normalized spacial score (nSPS) is 16.4. The molecule has 0 aromatic heterocycles. The summed E-state index contributed by atoms with van der Waals surface area (Å²) >= 11 is 6.31. The number of rotatable bonds is 7. The Labute approximate surface area is 176 Å². The van der Waals surface area contributed by atoms with Gasteiger partial charge in [0.2, 0.25) is 11.8 Å². The molecule has 1 fully saturated rings. The summed E-state index contributed by atoms with van der Waals surface area (Å²) in [5.74, 6) is 0.253. The molecule has 154 valence electrons. The van der Waals surface area contributed by atoms with Crippen LogP contribution in [0.2, 0.25) is 5.02 Å². The predicted octanol–water partition coefficient (Wildman–Crippen LogP) is 3.95. The Balaban J connectivity index is 1.65. The van der Waals surface area contributed by atoms with Gasteiger partial charge in [0.1, 0.15) is 5.75 Å².